The summed E-state index contributed by atoms with van der Waals surface area (Å²) in [6.45, 7) is 2.12. The number of thiophene rings is 1. The van der Waals surface area contributed by atoms with Crippen molar-refractivity contribution in [2.45, 2.75) is 13.0 Å². The highest BCUT2D eigenvalue weighted by molar-refractivity contribution is 9.11. The lowest BCUT2D eigenvalue weighted by atomic mass is 10.2. The topological polar surface area (TPSA) is 35.8 Å². The number of nitrogens with zero attached hydrogens (tertiary/aromatic N) is 1. The number of rotatable bonds is 3. The number of nitriles is 1. The van der Waals surface area contributed by atoms with Crippen molar-refractivity contribution in [3.05, 3.63) is 50.6 Å². The van der Waals surface area contributed by atoms with Gasteiger partial charge in [-0.05, 0) is 59.3 Å². The van der Waals surface area contributed by atoms with Crippen molar-refractivity contribution in [2.24, 2.45) is 0 Å². The lowest BCUT2D eigenvalue weighted by Gasteiger charge is -2.13. The summed E-state index contributed by atoms with van der Waals surface area (Å²) < 4.78 is 1.14. The Labute approximate surface area is 113 Å². The number of nitrogens with one attached hydrogen (secondary N) is 1. The van der Waals surface area contributed by atoms with Crippen LogP contribution < -0.4 is 5.32 Å². The SMILES string of the molecule is CC(Nc1ccc(C#N)cc1)c1ccc(Br)s1. The van der Waals surface area contributed by atoms with Gasteiger partial charge in [0.15, 0.2) is 0 Å². The van der Waals surface area contributed by atoms with Crippen molar-refractivity contribution in [2.75, 3.05) is 5.32 Å². The number of hydrogen-bond donors (Lipinski definition) is 1. The van der Waals surface area contributed by atoms with E-state index < -0.39 is 0 Å². The second kappa shape index (κ2) is 5.35. The maximum absolute atomic E-state index is 8.72. The Balaban J connectivity index is 2.08. The van der Waals surface area contributed by atoms with Crippen molar-refractivity contribution in [3.8, 4) is 6.07 Å². The molecular formula is C13H11BrN2S. The lowest BCUT2D eigenvalue weighted by molar-refractivity contribution is 0.908. The molecule has 0 saturated carbocycles. The van der Waals surface area contributed by atoms with Crippen molar-refractivity contribution in [3.63, 3.8) is 0 Å². The van der Waals surface area contributed by atoms with E-state index >= 15 is 0 Å². The molecule has 0 radical (unpaired) electrons. The van der Waals surface area contributed by atoms with E-state index in [1.807, 2.05) is 24.3 Å². The van der Waals surface area contributed by atoms with E-state index in [1.54, 1.807) is 11.3 Å². The highest BCUT2D eigenvalue weighted by Crippen LogP contribution is 2.29. The monoisotopic (exact) mass is 306 g/mol. The molecule has 2 aromatic rings. The van der Waals surface area contributed by atoms with Gasteiger partial charge in [-0.2, -0.15) is 5.26 Å². The Morgan fingerprint density at radius 1 is 1.24 bits per heavy atom. The predicted molar refractivity (Wildman–Crippen MR) is 75.2 cm³/mol. The summed E-state index contributed by atoms with van der Waals surface area (Å²) in [6.07, 6.45) is 0. The predicted octanol–water partition coefficient (Wildman–Crippen LogP) is 4.56. The Kier molecular flexibility index (Phi) is 3.82. The Hall–Kier alpha value is -1.31. The van der Waals surface area contributed by atoms with Gasteiger partial charge < -0.3 is 5.32 Å². The van der Waals surface area contributed by atoms with Crippen molar-refractivity contribution in [1.29, 1.82) is 5.26 Å². The Morgan fingerprint density at radius 3 is 2.47 bits per heavy atom. The average Bonchev–Trinajstić information content (AvgIpc) is 2.77. The van der Waals surface area contributed by atoms with Gasteiger partial charge in [0, 0.05) is 10.6 Å². The fourth-order valence-electron chi connectivity index (χ4n) is 1.52. The molecule has 0 spiro atoms. The summed E-state index contributed by atoms with van der Waals surface area (Å²) in [4.78, 5) is 1.28. The van der Waals surface area contributed by atoms with Gasteiger partial charge in [0.2, 0.25) is 0 Å². The zero-order chi connectivity index (χ0) is 12.3. The molecule has 1 aromatic carbocycles. The van der Waals surface area contributed by atoms with Crippen molar-refractivity contribution >= 4 is 33.0 Å². The molecule has 0 aliphatic carbocycles. The molecule has 2 rings (SSSR count). The summed E-state index contributed by atoms with van der Waals surface area (Å²) in [7, 11) is 0. The molecule has 1 atom stereocenters. The van der Waals surface area contributed by atoms with Gasteiger partial charge in [-0.1, -0.05) is 0 Å². The summed E-state index contributed by atoms with van der Waals surface area (Å²) >= 11 is 5.18. The van der Waals surface area contributed by atoms with Gasteiger partial charge in [-0.15, -0.1) is 11.3 Å². The first-order valence-electron chi connectivity index (χ1n) is 5.21. The Morgan fingerprint density at radius 2 is 1.94 bits per heavy atom. The molecule has 2 nitrogen and oxygen atoms in total. The first kappa shape index (κ1) is 12.2. The van der Waals surface area contributed by atoms with E-state index in [0.29, 0.717) is 5.56 Å². The first-order chi connectivity index (χ1) is 8.19. The maximum Gasteiger partial charge on any atom is 0.0991 e. The van der Waals surface area contributed by atoms with E-state index in [-0.39, 0.29) is 6.04 Å². The summed E-state index contributed by atoms with van der Waals surface area (Å²) in [6, 6.07) is 14.0. The van der Waals surface area contributed by atoms with Gasteiger partial charge in [-0.25, -0.2) is 0 Å². The minimum Gasteiger partial charge on any atom is -0.378 e. The largest absolute Gasteiger partial charge is 0.378 e. The number of hydrogen-bond acceptors (Lipinski definition) is 3. The van der Waals surface area contributed by atoms with Crippen LogP contribution in [0.1, 0.15) is 23.4 Å². The van der Waals surface area contributed by atoms with E-state index in [1.165, 1.54) is 4.88 Å². The van der Waals surface area contributed by atoms with E-state index in [2.05, 4.69) is 46.4 Å². The fraction of sp³-hybridized carbons (Fsp3) is 0.154. The molecular weight excluding hydrogens is 296 g/mol. The molecule has 1 N–H and O–H groups in total. The zero-order valence-corrected chi connectivity index (χ0v) is 11.7. The molecule has 1 aromatic heterocycles. The van der Waals surface area contributed by atoms with Crippen LogP contribution in [0, 0.1) is 11.3 Å². The smallest absolute Gasteiger partial charge is 0.0991 e. The molecule has 0 fully saturated rings. The summed E-state index contributed by atoms with van der Waals surface area (Å²) in [5.74, 6) is 0. The van der Waals surface area contributed by atoms with E-state index in [0.717, 1.165) is 9.47 Å². The third-order valence-electron chi connectivity index (χ3n) is 2.42. The standard InChI is InChI=1S/C13H11BrN2S/c1-9(12-6-7-13(14)17-12)16-11-4-2-10(8-15)3-5-11/h2-7,9,16H,1H3. The lowest BCUT2D eigenvalue weighted by Crippen LogP contribution is -2.04. The van der Waals surface area contributed by atoms with Crippen LogP contribution >= 0.6 is 27.3 Å². The van der Waals surface area contributed by atoms with Crippen molar-refractivity contribution in [1.82, 2.24) is 0 Å². The molecule has 0 aliphatic heterocycles. The van der Waals surface area contributed by atoms with Crippen molar-refractivity contribution < 1.29 is 0 Å². The third-order valence-corrected chi connectivity index (χ3v) is 4.22. The second-order valence-electron chi connectivity index (χ2n) is 3.70. The highest BCUT2D eigenvalue weighted by Gasteiger charge is 2.07. The molecule has 1 heterocycles. The quantitative estimate of drug-likeness (QED) is 0.902. The third kappa shape index (κ3) is 3.09. The van der Waals surface area contributed by atoms with Gasteiger partial charge in [0.05, 0.1) is 21.5 Å². The van der Waals surface area contributed by atoms with Gasteiger partial charge >= 0.3 is 0 Å². The molecule has 0 saturated heterocycles. The molecule has 0 aliphatic rings. The maximum atomic E-state index is 8.72. The Bertz CT molecular complexity index is 539. The number of anilines is 1. The minimum absolute atomic E-state index is 0.263. The van der Waals surface area contributed by atoms with Crippen LogP contribution in [0.3, 0.4) is 0 Å². The van der Waals surface area contributed by atoms with Crippen LogP contribution in [0.15, 0.2) is 40.2 Å². The minimum atomic E-state index is 0.263. The molecule has 17 heavy (non-hydrogen) atoms. The molecule has 4 heteroatoms. The normalized spacial score (nSPS) is 11.8. The van der Waals surface area contributed by atoms with Crippen LogP contribution in [0.2, 0.25) is 0 Å². The number of benzene rings is 1. The summed E-state index contributed by atoms with van der Waals surface area (Å²) in [5, 5.41) is 12.1. The molecule has 86 valence electrons. The van der Waals surface area contributed by atoms with Crippen LogP contribution in [0.4, 0.5) is 5.69 Å². The van der Waals surface area contributed by atoms with E-state index in [4.69, 9.17) is 5.26 Å². The molecule has 0 amide bonds. The van der Waals surface area contributed by atoms with Gasteiger partial charge in [-0.3, -0.25) is 0 Å². The average molecular weight is 307 g/mol. The van der Waals surface area contributed by atoms with Crippen LogP contribution in [-0.2, 0) is 0 Å². The van der Waals surface area contributed by atoms with E-state index in [9.17, 15) is 0 Å². The van der Waals surface area contributed by atoms with Crippen LogP contribution in [-0.4, -0.2) is 0 Å². The second-order valence-corrected chi connectivity index (χ2v) is 6.19. The fourth-order valence-corrected chi connectivity index (χ4v) is 2.95. The van der Waals surface area contributed by atoms with Crippen LogP contribution in [0.5, 0.6) is 0 Å². The summed E-state index contributed by atoms with van der Waals surface area (Å²) in [5.41, 5.74) is 1.71. The molecule has 0 bridgehead atoms. The van der Waals surface area contributed by atoms with Gasteiger partial charge in [0.25, 0.3) is 0 Å². The first-order valence-corrected chi connectivity index (χ1v) is 6.82. The zero-order valence-electron chi connectivity index (χ0n) is 9.27. The van der Waals surface area contributed by atoms with Gasteiger partial charge in [0.1, 0.15) is 0 Å². The highest BCUT2D eigenvalue weighted by atomic mass is 79.9. The van der Waals surface area contributed by atoms with Crippen LogP contribution in [0.25, 0.3) is 0 Å². The number of halogens is 1. The molecule has 1 unspecified atom stereocenters.